The molecule has 3 N–H and O–H groups in total. The van der Waals surface area contributed by atoms with Crippen molar-refractivity contribution in [2.45, 2.75) is 38.8 Å². The number of nitriles is 1. The van der Waals surface area contributed by atoms with Gasteiger partial charge in [-0.2, -0.15) is 5.26 Å². The Balaban J connectivity index is 2.03. The van der Waals surface area contributed by atoms with Crippen molar-refractivity contribution in [3.05, 3.63) is 35.4 Å². The van der Waals surface area contributed by atoms with E-state index in [1.807, 2.05) is 32.9 Å². The Labute approximate surface area is 113 Å². The monoisotopic (exact) mass is 257 g/mol. The number of hydrogen-bond donors (Lipinski definition) is 2. The van der Waals surface area contributed by atoms with Crippen LogP contribution in [0, 0.1) is 16.7 Å². The van der Waals surface area contributed by atoms with Crippen LogP contribution in [0.1, 0.15) is 44.4 Å². The van der Waals surface area contributed by atoms with Gasteiger partial charge in [-0.1, -0.05) is 26.0 Å². The molecule has 1 aliphatic rings. The van der Waals surface area contributed by atoms with Gasteiger partial charge in [-0.25, -0.2) is 0 Å². The van der Waals surface area contributed by atoms with Gasteiger partial charge >= 0.3 is 0 Å². The molecule has 1 aromatic rings. The summed E-state index contributed by atoms with van der Waals surface area (Å²) in [5.41, 5.74) is 6.80. The smallest absolute Gasteiger partial charge is 0.241 e. The van der Waals surface area contributed by atoms with Crippen LogP contribution in [0.5, 0.6) is 0 Å². The van der Waals surface area contributed by atoms with Crippen LogP contribution in [0.25, 0.3) is 0 Å². The van der Waals surface area contributed by atoms with E-state index in [2.05, 4.69) is 11.4 Å². The number of nitrogens with one attached hydrogen (secondary N) is 1. The molecule has 4 nitrogen and oxygen atoms in total. The molecule has 0 saturated heterocycles. The van der Waals surface area contributed by atoms with E-state index in [1.165, 1.54) is 0 Å². The van der Waals surface area contributed by atoms with Gasteiger partial charge in [0, 0.05) is 0 Å². The molecule has 1 fully saturated rings. The molecule has 2 rings (SSSR count). The molecule has 1 aromatic carbocycles. The molecule has 1 aliphatic carbocycles. The summed E-state index contributed by atoms with van der Waals surface area (Å²) < 4.78 is 0. The number of nitrogens with zero attached hydrogens (tertiary/aromatic N) is 1. The first-order chi connectivity index (χ1) is 8.80. The fourth-order valence-corrected chi connectivity index (χ4v) is 2.30. The highest BCUT2D eigenvalue weighted by Crippen LogP contribution is 2.53. The van der Waals surface area contributed by atoms with Crippen LogP contribution in [0.2, 0.25) is 0 Å². The molecule has 0 heterocycles. The molecule has 0 aromatic heterocycles. The molecular weight excluding hydrogens is 238 g/mol. The summed E-state index contributed by atoms with van der Waals surface area (Å²) >= 11 is 0. The first kappa shape index (κ1) is 13.6. The summed E-state index contributed by atoms with van der Waals surface area (Å²) in [5, 5.41) is 11.7. The molecule has 0 radical (unpaired) electrons. The normalized spacial score (nSPS) is 25.2. The third-order valence-corrected chi connectivity index (χ3v) is 4.10. The van der Waals surface area contributed by atoms with Gasteiger partial charge in [0.05, 0.1) is 17.7 Å². The molecule has 100 valence electrons. The molecule has 4 heteroatoms. The molecule has 2 unspecified atom stereocenters. The maximum Gasteiger partial charge on any atom is 0.241 e. The first-order valence-electron chi connectivity index (χ1n) is 6.40. The molecular formula is C15H19N3O. The zero-order valence-electron chi connectivity index (χ0n) is 11.5. The topological polar surface area (TPSA) is 78.9 Å². The van der Waals surface area contributed by atoms with Gasteiger partial charge in [0.2, 0.25) is 5.91 Å². The lowest BCUT2D eigenvalue weighted by atomic mass is 10.0. The highest BCUT2D eigenvalue weighted by atomic mass is 16.2. The largest absolute Gasteiger partial charge is 0.348 e. The van der Waals surface area contributed by atoms with Crippen LogP contribution in [-0.2, 0) is 4.79 Å². The summed E-state index contributed by atoms with van der Waals surface area (Å²) in [6.45, 7) is 5.91. The highest BCUT2D eigenvalue weighted by Gasteiger charge is 2.63. The second-order valence-electron chi connectivity index (χ2n) is 5.96. The van der Waals surface area contributed by atoms with Crippen molar-refractivity contribution in [2.75, 3.05) is 0 Å². The van der Waals surface area contributed by atoms with E-state index < -0.39 is 5.54 Å². The lowest BCUT2D eigenvalue weighted by Crippen LogP contribution is -2.46. The predicted octanol–water partition coefficient (Wildman–Crippen LogP) is 1.86. The number of hydrogen-bond acceptors (Lipinski definition) is 3. The maximum atomic E-state index is 12.2. The Morgan fingerprint density at radius 3 is 2.37 bits per heavy atom. The summed E-state index contributed by atoms with van der Waals surface area (Å²) in [6, 6.07) is 9.16. The molecule has 1 amide bonds. The number of nitrogens with two attached hydrogens (primary N) is 1. The van der Waals surface area contributed by atoms with Gasteiger partial charge < -0.3 is 11.1 Å². The zero-order valence-corrected chi connectivity index (χ0v) is 11.5. The maximum absolute atomic E-state index is 12.2. The summed E-state index contributed by atoms with van der Waals surface area (Å²) in [5.74, 6) is -0.102. The third-order valence-electron chi connectivity index (χ3n) is 4.10. The molecule has 0 aliphatic heterocycles. The Morgan fingerprint density at radius 1 is 1.42 bits per heavy atom. The van der Waals surface area contributed by atoms with Crippen molar-refractivity contribution in [3.8, 4) is 6.07 Å². The van der Waals surface area contributed by atoms with Crippen molar-refractivity contribution >= 4 is 5.91 Å². The average molecular weight is 257 g/mol. The Morgan fingerprint density at radius 2 is 1.95 bits per heavy atom. The van der Waals surface area contributed by atoms with Crippen LogP contribution < -0.4 is 11.1 Å². The SMILES string of the molecule is CC(NC(=O)C1(N)CC1(C)C)c1ccc(C#N)cc1. The van der Waals surface area contributed by atoms with Crippen molar-refractivity contribution in [3.63, 3.8) is 0 Å². The van der Waals surface area contributed by atoms with Gasteiger partial charge in [0.1, 0.15) is 5.54 Å². The summed E-state index contributed by atoms with van der Waals surface area (Å²) in [4.78, 5) is 12.2. The van der Waals surface area contributed by atoms with Crippen molar-refractivity contribution in [2.24, 2.45) is 11.1 Å². The predicted molar refractivity (Wildman–Crippen MR) is 73.0 cm³/mol. The fraction of sp³-hybridized carbons (Fsp3) is 0.467. The second kappa shape index (κ2) is 4.36. The molecule has 19 heavy (non-hydrogen) atoms. The quantitative estimate of drug-likeness (QED) is 0.867. The van der Waals surface area contributed by atoms with Crippen molar-refractivity contribution in [1.29, 1.82) is 5.26 Å². The lowest BCUT2D eigenvalue weighted by molar-refractivity contribution is -0.124. The van der Waals surface area contributed by atoms with E-state index in [9.17, 15) is 4.79 Å². The van der Waals surface area contributed by atoms with Crippen molar-refractivity contribution < 1.29 is 4.79 Å². The van der Waals surface area contributed by atoms with E-state index in [0.717, 1.165) is 5.56 Å². The number of rotatable bonds is 3. The lowest BCUT2D eigenvalue weighted by Gasteiger charge is -2.20. The van der Waals surface area contributed by atoms with Gasteiger partial charge in [-0.05, 0) is 36.5 Å². The van der Waals surface area contributed by atoms with Crippen LogP contribution in [0.3, 0.4) is 0 Å². The van der Waals surface area contributed by atoms with E-state index in [4.69, 9.17) is 11.0 Å². The highest BCUT2D eigenvalue weighted by molar-refractivity contribution is 5.91. The zero-order chi connectivity index (χ0) is 14.3. The minimum atomic E-state index is -0.742. The van der Waals surface area contributed by atoms with Crippen molar-refractivity contribution in [1.82, 2.24) is 5.32 Å². The summed E-state index contributed by atoms with van der Waals surface area (Å²) in [7, 11) is 0. The van der Waals surface area contributed by atoms with Crippen LogP contribution in [-0.4, -0.2) is 11.4 Å². The number of carbonyl (C=O) groups excluding carboxylic acids is 1. The first-order valence-corrected chi connectivity index (χ1v) is 6.40. The fourth-order valence-electron chi connectivity index (χ4n) is 2.30. The van der Waals surface area contributed by atoms with E-state index in [-0.39, 0.29) is 17.4 Å². The molecule has 0 bridgehead atoms. The number of amides is 1. The van der Waals surface area contributed by atoms with Crippen LogP contribution in [0.4, 0.5) is 0 Å². The minimum absolute atomic E-state index is 0.102. The standard InChI is InChI=1S/C15H19N3O/c1-10(12-6-4-11(8-16)5-7-12)18-13(19)15(17)9-14(15,2)3/h4-7,10H,9,17H2,1-3H3,(H,18,19). The average Bonchev–Trinajstić information content (AvgIpc) is 2.90. The Kier molecular flexibility index (Phi) is 3.11. The third kappa shape index (κ3) is 2.34. The molecule has 0 spiro atoms. The minimum Gasteiger partial charge on any atom is -0.348 e. The van der Waals surface area contributed by atoms with Crippen LogP contribution >= 0.6 is 0 Å². The Hall–Kier alpha value is -1.86. The Bertz CT molecular complexity index is 542. The van der Waals surface area contributed by atoms with Gasteiger partial charge in [-0.3, -0.25) is 4.79 Å². The van der Waals surface area contributed by atoms with E-state index in [1.54, 1.807) is 12.1 Å². The van der Waals surface area contributed by atoms with Gasteiger partial charge in [0.25, 0.3) is 0 Å². The van der Waals surface area contributed by atoms with Crippen LogP contribution in [0.15, 0.2) is 24.3 Å². The van der Waals surface area contributed by atoms with E-state index >= 15 is 0 Å². The molecule has 2 atom stereocenters. The van der Waals surface area contributed by atoms with Gasteiger partial charge in [0.15, 0.2) is 0 Å². The molecule has 1 saturated carbocycles. The second-order valence-corrected chi connectivity index (χ2v) is 5.96. The number of carbonyl (C=O) groups is 1. The van der Waals surface area contributed by atoms with E-state index in [0.29, 0.717) is 12.0 Å². The summed E-state index contributed by atoms with van der Waals surface area (Å²) in [6.07, 6.45) is 0.714. The number of benzene rings is 1. The van der Waals surface area contributed by atoms with Gasteiger partial charge in [-0.15, -0.1) is 0 Å².